The van der Waals surface area contributed by atoms with Crippen LogP contribution in [0.15, 0.2) is 48.5 Å². The zero-order valence-corrected chi connectivity index (χ0v) is 23.1. The highest BCUT2D eigenvalue weighted by Crippen LogP contribution is 2.30. The molecule has 0 aliphatic heterocycles. The smallest absolute Gasteiger partial charge is 0.244 e. The molecule has 2 aromatic rings. The Morgan fingerprint density at radius 1 is 1.06 bits per heavy atom. The van der Waals surface area contributed by atoms with E-state index in [1.807, 2.05) is 20.8 Å². The normalized spacial score (nSPS) is 12.2. The summed E-state index contributed by atoms with van der Waals surface area (Å²) in [5.74, 6) is -0.200. The molecule has 0 heterocycles. The predicted molar refractivity (Wildman–Crippen MR) is 144 cm³/mol. The molecule has 0 spiro atoms. The van der Waals surface area contributed by atoms with Crippen molar-refractivity contribution < 1.29 is 22.7 Å². The number of sulfonamides is 1. The quantitative estimate of drug-likeness (QED) is 0.415. The van der Waals surface area contributed by atoms with Crippen LogP contribution in [0.5, 0.6) is 5.75 Å². The minimum Gasteiger partial charge on any atom is -0.492 e. The lowest BCUT2D eigenvalue weighted by Crippen LogP contribution is -2.52. The number of rotatable bonds is 13. The first kappa shape index (κ1) is 29.5. The third-order valence-electron chi connectivity index (χ3n) is 5.45. The van der Waals surface area contributed by atoms with E-state index in [1.165, 1.54) is 4.90 Å². The van der Waals surface area contributed by atoms with Crippen LogP contribution in [0.3, 0.4) is 0 Å². The van der Waals surface area contributed by atoms with Gasteiger partial charge < -0.3 is 15.0 Å². The molecule has 8 nitrogen and oxygen atoms in total. The molecule has 2 aromatic carbocycles. The summed E-state index contributed by atoms with van der Waals surface area (Å²) in [6.07, 6.45) is 1.40. The second kappa shape index (κ2) is 13.5. The van der Waals surface area contributed by atoms with Gasteiger partial charge >= 0.3 is 0 Å². The van der Waals surface area contributed by atoms with Gasteiger partial charge in [0.25, 0.3) is 0 Å². The molecule has 0 unspecified atom stereocenters. The molecule has 0 aliphatic carbocycles. The average molecular weight is 538 g/mol. The van der Waals surface area contributed by atoms with Crippen molar-refractivity contribution in [2.24, 2.45) is 5.92 Å². The van der Waals surface area contributed by atoms with E-state index in [9.17, 15) is 18.0 Å². The lowest BCUT2D eigenvalue weighted by molar-refractivity contribution is -0.140. The number of halogens is 1. The monoisotopic (exact) mass is 537 g/mol. The Hall–Kier alpha value is -2.78. The van der Waals surface area contributed by atoms with Gasteiger partial charge in [-0.1, -0.05) is 56.6 Å². The van der Waals surface area contributed by atoms with Gasteiger partial charge in [0, 0.05) is 18.1 Å². The second-order valence-electron chi connectivity index (χ2n) is 8.88. The van der Waals surface area contributed by atoms with Gasteiger partial charge in [-0.05, 0) is 49.1 Å². The average Bonchev–Trinajstić information content (AvgIpc) is 2.82. The van der Waals surface area contributed by atoms with Crippen molar-refractivity contribution >= 4 is 39.1 Å². The van der Waals surface area contributed by atoms with Gasteiger partial charge in [-0.15, -0.1) is 0 Å². The molecule has 1 atom stereocenters. The van der Waals surface area contributed by atoms with Gasteiger partial charge in [-0.3, -0.25) is 13.9 Å². The van der Waals surface area contributed by atoms with Crippen LogP contribution < -0.4 is 14.4 Å². The van der Waals surface area contributed by atoms with Crippen LogP contribution in [0.4, 0.5) is 5.69 Å². The molecule has 198 valence electrons. The van der Waals surface area contributed by atoms with Crippen molar-refractivity contribution in [3.63, 3.8) is 0 Å². The number of carbonyl (C=O) groups is 2. The molecular formula is C26H36ClN3O5S. The minimum atomic E-state index is -3.85. The Morgan fingerprint density at radius 2 is 1.69 bits per heavy atom. The minimum absolute atomic E-state index is 0.119. The van der Waals surface area contributed by atoms with E-state index in [2.05, 4.69) is 5.32 Å². The molecule has 10 heteroatoms. The maximum Gasteiger partial charge on any atom is 0.244 e. The third kappa shape index (κ3) is 8.41. The molecule has 0 radical (unpaired) electrons. The van der Waals surface area contributed by atoms with Crippen LogP contribution in [0.1, 0.15) is 39.7 Å². The Bertz CT molecular complexity index is 1120. The maximum absolute atomic E-state index is 13.7. The molecule has 0 fully saturated rings. The number of hydrogen-bond acceptors (Lipinski definition) is 5. The summed E-state index contributed by atoms with van der Waals surface area (Å²) in [6.45, 7) is 8.02. The summed E-state index contributed by atoms with van der Waals surface area (Å²) in [7, 11) is -3.85. The molecule has 0 aromatic heterocycles. The Labute approximate surface area is 219 Å². The number of amides is 2. The molecule has 0 saturated heterocycles. The predicted octanol–water partition coefficient (Wildman–Crippen LogP) is 4.08. The molecule has 36 heavy (non-hydrogen) atoms. The number of nitrogens with zero attached hydrogens (tertiary/aromatic N) is 2. The zero-order chi connectivity index (χ0) is 26.9. The largest absolute Gasteiger partial charge is 0.492 e. The van der Waals surface area contributed by atoms with E-state index in [0.29, 0.717) is 30.3 Å². The molecule has 0 aliphatic rings. The topological polar surface area (TPSA) is 96.0 Å². The summed E-state index contributed by atoms with van der Waals surface area (Å²) in [5, 5.41) is 3.45. The van der Waals surface area contributed by atoms with Crippen LogP contribution in [0.25, 0.3) is 0 Å². The van der Waals surface area contributed by atoms with Crippen LogP contribution >= 0.6 is 11.6 Å². The second-order valence-corrected chi connectivity index (χ2v) is 11.2. The lowest BCUT2D eigenvalue weighted by atomic mass is 10.1. The Kier molecular flexibility index (Phi) is 11.0. The summed E-state index contributed by atoms with van der Waals surface area (Å²) < 4.78 is 32.2. The first-order valence-electron chi connectivity index (χ1n) is 12.0. The zero-order valence-electron chi connectivity index (χ0n) is 21.5. The van der Waals surface area contributed by atoms with E-state index < -0.39 is 28.5 Å². The van der Waals surface area contributed by atoms with Crippen LogP contribution in [0, 0.1) is 5.92 Å². The Morgan fingerprint density at radius 3 is 2.25 bits per heavy atom. The molecule has 0 saturated carbocycles. The molecule has 2 amide bonds. The number of anilines is 1. The summed E-state index contributed by atoms with van der Waals surface area (Å²) in [6, 6.07) is 12.9. The standard InChI is InChI=1S/C26H36ClN3O5S/c1-6-22(26(32)28-16-19(3)4)29(17-20-12-14-21(27)15-13-20)25(31)18-30(36(5,33)34)23-10-8-9-11-24(23)35-7-2/h8-15,19,22H,6-7,16-18H2,1-5H3,(H,28,32)/t22-/m0/s1. The van der Waals surface area contributed by atoms with Crippen molar-refractivity contribution in [3.8, 4) is 5.75 Å². The molecule has 1 N–H and O–H groups in total. The van der Waals surface area contributed by atoms with E-state index in [0.717, 1.165) is 16.1 Å². The summed E-state index contributed by atoms with van der Waals surface area (Å²) in [5.41, 5.74) is 1.03. The molecule has 2 rings (SSSR count). The van der Waals surface area contributed by atoms with Gasteiger partial charge in [0.1, 0.15) is 18.3 Å². The fourth-order valence-corrected chi connectivity index (χ4v) is 4.64. The van der Waals surface area contributed by atoms with E-state index in [4.69, 9.17) is 16.3 Å². The highest BCUT2D eigenvalue weighted by molar-refractivity contribution is 7.92. The van der Waals surface area contributed by atoms with Crippen LogP contribution in [-0.2, 0) is 26.2 Å². The number of benzene rings is 2. The molecular weight excluding hydrogens is 502 g/mol. The number of nitrogens with one attached hydrogen (secondary N) is 1. The van der Waals surface area contributed by atoms with Crippen LogP contribution in [0.2, 0.25) is 5.02 Å². The van der Waals surface area contributed by atoms with Crippen molar-refractivity contribution in [3.05, 3.63) is 59.1 Å². The van der Waals surface area contributed by atoms with Crippen LogP contribution in [-0.4, -0.2) is 57.1 Å². The van der Waals surface area contributed by atoms with Crippen molar-refractivity contribution in [2.45, 2.75) is 46.7 Å². The van der Waals surface area contributed by atoms with Gasteiger partial charge in [-0.2, -0.15) is 0 Å². The van der Waals surface area contributed by atoms with E-state index in [-0.39, 0.29) is 24.1 Å². The van der Waals surface area contributed by atoms with E-state index in [1.54, 1.807) is 55.5 Å². The van der Waals surface area contributed by atoms with Crippen molar-refractivity contribution in [2.75, 3.05) is 30.3 Å². The Balaban J connectivity index is 2.45. The first-order chi connectivity index (χ1) is 17.0. The fraction of sp³-hybridized carbons (Fsp3) is 0.462. The number of para-hydroxylation sites is 2. The highest BCUT2D eigenvalue weighted by Gasteiger charge is 2.32. The molecule has 0 bridgehead atoms. The van der Waals surface area contributed by atoms with Crippen molar-refractivity contribution in [1.82, 2.24) is 10.2 Å². The maximum atomic E-state index is 13.7. The first-order valence-corrected chi connectivity index (χ1v) is 14.2. The summed E-state index contributed by atoms with van der Waals surface area (Å²) >= 11 is 6.02. The van der Waals surface area contributed by atoms with Gasteiger partial charge in [0.2, 0.25) is 21.8 Å². The van der Waals surface area contributed by atoms with Gasteiger partial charge in [-0.25, -0.2) is 8.42 Å². The number of hydrogen-bond donors (Lipinski definition) is 1. The fourth-order valence-electron chi connectivity index (χ4n) is 3.66. The number of ether oxygens (including phenoxy) is 1. The van der Waals surface area contributed by atoms with E-state index >= 15 is 0 Å². The highest BCUT2D eigenvalue weighted by atomic mass is 35.5. The summed E-state index contributed by atoms with van der Waals surface area (Å²) in [4.78, 5) is 28.2. The van der Waals surface area contributed by atoms with Gasteiger partial charge in [0.05, 0.1) is 18.6 Å². The lowest BCUT2D eigenvalue weighted by Gasteiger charge is -2.33. The third-order valence-corrected chi connectivity index (χ3v) is 6.83. The van der Waals surface area contributed by atoms with Gasteiger partial charge in [0.15, 0.2) is 0 Å². The SMILES string of the molecule is CCOc1ccccc1N(CC(=O)N(Cc1ccc(Cl)cc1)[C@@H](CC)C(=O)NCC(C)C)S(C)(=O)=O. The number of carbonyl (C=O) groups excluding carboxylic acids is 2. The van der Waals surface area contributed by atoms with Crippen molar-refractivity contribution in [1.29, 1.82) is 0 Å².